The maximum atomic E-state index is 11.3. The van der Waals surface area contributed by atoms with Crippen LogP contribution >= 0.6 is 0 Å². The molecule has 2 bridgehead atoms. The van der Waals surface area contributed by atoms with Crippen LogP contribution in [-0.4, -0.2) is 48.8 Å². The number of carboxylic acids is 1. The molecule has 8 heteroatoms. The summed E-state index contributed by atoms with van der Waals surface area (Å²) in [5, 5.41) is 9.26. The van der Waals surface area contributed by atoms with Gasteiger partial charge in [0, 0.05) is 18.3 Å². The molecule has 1 spiro atoms. The molecule has 188 valence electrons. The lowest BCUT2D eigenvalue weighted by molar-refractivity contribution is -0.577. The average Bonchev–Trinajstić information content (AvgIpc) is 3.05. The molecule has 0 unspecified atom stereocenters. The standard InChI is InChI=1S/C26H36O8/c1-15-7-10-20-16(2)23(31-24-26(20)19(15)11-12-25(3,32-24)33-34-26)30-13-5-6-17-8-9-18(22(27)28)21(14-17)29-4/h8-9,14-16,19-20,23-24H,5-7,10-13H2,1-4H3,(H,27,28)/t15-,16-,19+,20+,23-,24-,25-,26-/m1/s1. The number of carboxylic acid groups (broad SMARTS) is 1. The maximum Gasteiger partial charge on any atom is 0.339 e. The summed E-state index contributed by atoms with van der Waals surface area (Å²) in [7, 11) is 1.48. The molecule has 1 saturated carbocycles. The van der Waals surface area contributed by atoms with Crippen LogP contribution in [-0.2, 0) is 30.4 Å². The molecule has 0 radical (unpaired) electrons. The molecule has 1 N–H and O–H groups in total. The summed E-state index contributed by atoms with van der Waals surface area (Å²) in [6.07, 6.45) is 4.66. The normalized spacial score (nSPS) is 40.9. The molecule has 4 heterocycles. The van der Waals surface area contributed by atoms with Crippen LogP contribution in [0.3, 0.4) is 0 Å². The minimum atomic E-state index is -0.995. The first-order chi connectivity index (χ1) is 16.3. The van der Waals surface area contributed by atoms with Crippen LogP contribution in [0, 0.1) is 23.7 Å². The van der Waals surface area contributed by atoms with Gasteiger partial charge in [-0.25, -0.2) is 14.6 Å². The Morgan fingerprint density at radius 2 is 2.00 bits per heavy atom. The summed E-state index contributed by atoms with van der Waals surface area (Å²) in [5.41, 5.74) is 0.600. The molecule has 6 rings (SSSR count). The number of aryl methyl sites for hydroxylation is 1. The quantitative estimate of drug-likeness (QED) is 0.453. The monoisotopic (exact) mass is 476 g/mol. The summed E-state index contributed by atoms with van der Waals surface area (Å²) in [4.78, 5) is 23.3. The Morgan fingerprint density at radius 1 is 1.18 bits per heavy atom. The van der Waals surface area contributed by atoms with Crippen LogP contribution in [0.4, 0.5) is 0 Å². The van der Waals surface area contributed by atoms with Gasteiger partial charge in [0.15, 0.2) is 18.2 Å². The predicted octanol–water partition coefficient (Wildman–Crippen LogP) is 4.55. The number of hydrogen-bond acceptors (Lipinski definition) is 7. The van der Waals surface area contributed by atoms with E-state index in [0.29, 0.717) is 24.2 Å². The van der Waals surface area contributed by atoms with Crippen LogP contribution in [0.2, 0.25) is 0 Å². The molecule has 4 aliphatic heterocycles. The summed E-state index contributed by atoms with van der Waals surface area (Å²) in [6.45, 7) is 6.95. The van der Waals surface area contributed by atoms with Crippen LogP contribution in [0.5, 0.6) is 5.75 Å². The fraction of sp³-hybridized carbons (Fsp3) is 0.731. The molecular formula is C26H36O8. The van der Waals surface area contributed by atoms with Gasteiger partial charge in [0.05, 0.1) is 13.7 Å². The molecule has 8 atom stereocenters. The minimum absolute atomic E-state index is 0.149. The third-order valence-electron chi connectivity index (χ3n) is 8.49. The molecule has 1 aromatic carbocycles. The first kappa shape index (κ1) is 24.0. The molecule has 8 nitrogen and oxygen atoms in total. The van der Waals surface area contributed by atoms with E-state index >= 15 is 0 Å². The highest BCUT2D eigenvalue weighted by Crippen LogP contribution is 2.60. The third-order valence-corrected chi connectivity index (χ3v) is 8.49. The average molecular weight is 477 g/mol. The first-order valence-electron chi connectivity index (χ1n) is 12.5. The minimum Gasteiger partial charge on any atom is -0.496 e. The Kier molecular flexibility index (Phi) is 6.40. The van der Waals surface area contributed by atoms with Crippen molar-refractivity contribution in [1.29, 1.82) is 0 Å². The van der Waals surface area contributed by atoms with Gasteiger partial charge in [-0.15, -0.1) is 0 Å². The van der Waals surface area contributed by atoms with Gasteiger partial charge in [-0.2, -0.15) is 0 Å². The zero-order valence-electron chi connectivity index (χ0n) is 20.5. The van der Waals surface area contributed by atoms with Gasteiger partial charge in [-0.05, 0) is 68.6 Å². The van der Waals surface area contributed by atoms with Gasteiger partial charge in [0.2, 0.25) is 5.79 Å². The summed E-state index contributed by atoms with van der Waals surface area (Å²) >= 11 is 0. The van der Waals surface area contributed by atoms with Crippen molar-refractivity contribution < 1.29 is 38.6 Å². The number of hydrogen-bond donors (Lipinski definition) is 1. The van der Waals surface area contributed by atoms with E-state index in [4.69, 9.17) is 28.7 Å². The van der Waals surface area contributed by atoms with Gasteiger partial charge in [-0.1, -0.05) is 19.9 Å². The van der Waals surface area contributed by atoms with Crippen molar-refractivity contribution >= 4 is 5.97 Å². The van der Waals surface area contributed by atoms with Crippen LogP contribution in [0.1, 0.15) is 68.8 Å². The molecule has 1 aliphatic carbocycles. The van der Waals surface area contributed by atoms with Crippen molar-refractivity contribution in [1.82, 2.24) is 0 Å². The number of methoxy groups -OCH3 is 1. The van der Waals surface area contributed by atoms with E-state index in [1.807, 2.05) is 13.0 Å². The molecule has 0 amide bonds. The highest BCUT2D eigenvalue weighted by Gasteiger charge is 2.69. The largest absolute Gasteiger partial charge is 0.496 e. The second-order valence-electron chi connectivity index (χ2n) is 10.6. The van der Waals surface area contributed by atoms with Crippen LogP contribution in [0.25, 0.3) is 0 Å². The Balaban J connectivity index is 1.24. The SMILES string of the molecule is COc1cc(CCCO[C@@H]2O[C@@H]3O[C@@]4(C)CC[C@H]5[C@H](C)CC[C@@H]([C@H]2C)[C@@]35OO4)ccc1C(=O)O. The molecule has 1 aromatic rings. The van der Waals surface area contributed by atoms with Crippen molar-refractivity contribution in [3.05, 3.63) is 29.3 Å². The number of carbonyl (C=O) groups is 1. The van der Waals surface area contributed by atoms with E-state index in [1.54, 1.807) is 12.1 Å². The van der Waals surface area contributed by atoms with E-state index in [1.165, 1.54) is 7.11 Å². The van der Waals surface area contributed by atoms with Crippen molar-refractivity contribution in [2.24, 2.45) is 23.7 Å². The topological polar surface area (TPSA) is 92.7 Å². The number of ether oxygens (including phenoxy) is 4. The van der Waals surface area contributed by atoms with Crippen molar-refractivity contribution in [2.45, 2.75) is 83.3 Å². The van der Waals surface area contributed by atoms with E-state index in [9.17, 15) is 9.90 Å². The summed E-state index contributed by atoms with van der Waals surface area (Å²) < 4.78 is 24.3. The van der Waals surface area contributed by atoms with Crippen molar-refractivity contribution in [3.8, 4) is 5.75 Å². The Bertz CT molecular complexity index is 920. The highest BCUT2D eigenvalue weighted by atomic mass is 17.3. The molecule has 34 heavy (non-hydrogen) atoms. The Labute approximate surface area is 200 Å². The van der Waals surface area contributed by atoms with Gasteiger partial charge in [0.25, 0.3) is 0 Å². The highest BCUT2D eigenvalue weighted by molar-refractivity contribution is 5.90. The van der Waals surface area contributed by atoms with E-state index in [-0.39, 0.29) is 23.7 Å². The number of rotatable bonds is 7. The lowest BCUT2D eigenvalue weighted by Crippen LogP contribution is -2.70. The van der Waals surface area contributed by atoms with E-state index in [2.05, 4.69) is 13.8 Å². The zero-order chi connectivity index (χ0) is 24.1. The molecular weight excluding hydrogens is 440 g/mol. The smallest absolute Gasteiger partial charge is 0.339 e. The molecule has 5 fully saturated rings. The fourth-order valence-electron chi connectivity index (χ4n) is 6.61. The van der Waals surface area contributed by atoms with E-state index < -0.39 is 23.6 Å². The summed E-state index contributed by atoms with van der Waals surface area (Å²) in [5.74, 6) is -0.146. The fourth-order valence-corrected chi connectivity index (χ4v) is 6.61. The molecule has 4 saturated heterocycles. The lowest BCUT2D eigenvalue weighted by atomic mass is 9.58. The number of aromatic carboxylic acids is 1. The third kappa shape index (κ3) is 3.93. The van der Waals surface area contributed by atoms with Gasteiger partial charge >= 0.3 is 5.97 Å². The summed E-state index contributed by atoms with van der Waals surface area (Å²) in [6, 6.07) is 5.20. The maximum absolute atomic E-state index is 11.3. The Morgan fingerprint density at radius 3 is 2.76 bits per heavy atom. The Hall–Kier alpha value is -1.71. The van der Waals surface area contributed by atoms with Crippen LogP contribution in [0.15, 0.2) is 18.2 Å². The van der Waals surface area contributed by atoms with Gasteiger partial charge in [-0.3, -0.25) is 0 Å². The molecule has 0 aromatic heterocycles. The molecule has 5 aliphatic rings. The van der Waals surface area contributed by atoms with Crippen molar-refractivity contribution in [2.75, 3.05) is 13.7 Å². The number of benzene rings is 1. The van der Waals surface area contributed by atoms with Gasteiger partial charge < -0.3 is 24.1 Å². The van der Waals surface area contributed by atoms with Gasteiger partial charge in [0.1, 0.15) is 11.3 Å². The predicted molar refractivity (Wildman–Crippen MR) is 121 cm³/mol. The van der Waals surface area contributed by atoms with Crippen LogP contribution < -0.4 is 4.74 Å². The van der Waals surface area contributed by atoms with E-state index in [0.717, 1.165) is 44.1 Å². The van der Waals surface area contributed by atoms with Crippen molar-refractivity contribution in [3.63, 3.8) is 0 Å². The second-order valence-corrected chi connectivity index (χ2v) is 10.6. The first-order valence-corrected chi connectivity index (χ1v) is 12.5. The number of fused-ring (bicyclic) bond motifs is 2. The lowest BCUT2D eigenvalue weighted by Gasteiger charge is -2.60. The second kappa shape index (κ2) is 9.06. The zero-order valence-corrected chi connectivity index (χ0v) is 20.5.